The molecule has 0 unspecified atom stereocenters. The second kappa shape index (κ2) is 9.55. The molecule has 0 aliphatic heterocycles. The number of ether oxygens (including phenoxy) is 2. The Morgan fingerprint density at radius 2 is 1.38 bits per heavy atom. The molecule has 29 heavy (non-hydrogen) atoms. The van der Waals surface area contributed by atoms with E-state index in [1.165, 1.54) is 0 Å². The molecule has 0 spiro atoms. The minimum atomic E-state index is -1.73. The third-order valence-electron chi connectivity index (χ3n) is 6.68. The van der Waals surface area contributed by atoms with Crippen LogP contribution in [0.25, 0.3) is 0 Å². The second-order valence-electron chi connectivity index (χ2n) is 10.5. The van der Waals surface area contributed by atoms with Gasteiger partial charge in [-0.25, -0.2) is 0 Å². The highest BCUT2D eigenvalue weighted by molar-refractivity contribution is 6.74. The predicted octanol–water partition coefficient (Wildman–Crippen LogP) is 4.90. The predicted molar refractivity (Wildman–Crippen MR) is 128 cm³/mol. The van der Waals surface area contributed by atoms with Crippen LogP contribution in [-0.4, -0.2) is 47.3 Å². The molecule has 0 aliphatic carbocycles. The molecular formula is C23H43BO4Si. The fourth-order valence-corrected chi connectivity index (χ4v) is 3.72. The first-order valence-electron chi connectivity index (χ1n) is 10.6. The van der Waals surface area contributed by atoms with Gasteiger partial charge in [-0.1, -0.05) is 38.4 Å². The lowest BCUT2D eigenvalue weighted by molar-refractivity contribution is -0.114. The lowest BCUT2D eigenvalue weighted by Gasteiger charge is -2.40. The Morgan fingerprint density at radius 3 is 1.83 bits per heavy atom. The summed E-state index contributed by atoms with van der Waals surface area (Å²) in [5.41, 5.74) is 2.62. The SMILES string of the molecule is COC(C)(C)C(C)(C)OBc1cc(C)c(OCCO[Si](C)(C)C(C)(C)C)c(C)c1. The van der Waals surface area contributed by atoms with Gasteiger partial charge in [-0.15, -0.1) is 0 Å². The maximum atomic E-state index is 6.22. The number of hydrogen-bond donors (Lipinski definition) is 0. The topological polar surface area (TPSA) is 36.9 Å². The van der Waals surface area contributed by atoms with Gasteiger partial charge in [0.1, 0.15) is 12.4 Å². The summed E-state index contributed by atoms with van der Waals surface area (Å²) in [6.07, 6.45) is 0. The van der Waals surface area contributed by atoms with E-state index in [0.29, 0.717) is 20.7 Å². The van der Waals surface area contributed by atoms with E-state index >= 15 is 0 Å². The number of rotatable bonds is 10. The van der Waals surface area contributed by atoms with Crippen LogP contribution >= 0.6 is 0 Å². The van der Waals surface area contributed by atoms with Gasteiger partial charge < -0.3 is 18.6 Å². The average Bonchev–Trinajstić information content (AvgIpc) is 2.57. The quantitative estimate of drug-likeness (QED) is 0.397. The smallest absolute Gasteiger partial charge is 0.309 e. The lowest BCUT2D eigenvalue weighted by Crippen LogP contribution is -2.50. The molecule has 0 aliphatic rings. The Labute approximate surface area is 181 Å². The van der Waals surface area contributed by atoms with Crippen molar-refractivity contribution in [3.8, 4) is 5.75 Å². The molecule has 0 atom stereocenters. The first kappa shape index (κ1) is 26.2. The fraction of sp³-hybridized carbons (Fsp3) is 0.739. The minimum absolute atomic E-state index is 0.214. The van der Waals surface area contributed by atoms with Crippen LogP contribution in [-0.2, 0) is 13.8 Å². The van der Waals surface area contributed by atoms with Gasteiger partial charge in [-0.3, -0.25) is 0 Å². The van der Waals surface area contributed by atoms with Gasteiger partial charge in [-0.05, 0) is 70.8 Å². The fourth-order valence-electron chi connectivity index (χ4n) is 2.69. The van der Waals surface area contributed by atoms with Crippen LogP contribution in [0.1, 0.15) is 59.6 Å². The van der Waals surface area contributed by atoms with Crippen molar-refractivity contribution in [2.75, 3.05) is 20.3 Å². The highest BCUT2D eigenvalue weighted by Crippen LogP contribution is 2.36. The maximum Gasteiger partial charge on any atom is 0.309 e. The van der Waals surface area contributed by atoms with Crippen LogP contribution in [0, 0.1) is 13.8 Å². The molecule has 0 saturated carbocycles. The number of hydrogen-bond acceptors (Lipinski definition) is 4. The maximum absolute atomic E-state index is 6.22. The first-order chi connectivity index (χ1) is 13.0. The molecule has 0 radical (unpaired) electrons. The van der Waals surface area contributed by atoms with E-state index in [0.717, 1.165) is 22.3 Å². The van der Waals surface area contributed by atoms with Gasteiger partial charge in [0.05, 0.1) is 17.8 Å². The molecule has 0 aromatic heterocycles. The Hall–Kier alpha value is -0.818. The molecule has 1 rings (SSSR count). The summed E-state index contributed by atoms with van der Waals surface area (Å²) in [7, 11) is 0.527. The third-order valence-corrected chi connectivity index (χ3v) is 11.2. The molecule has 0 heterocycles. The molecule has 6 heteroatoms. The summed E-state index contributed by atoms with van der Waals surface area (Å²) < 4.78 is 24.1. The minimum Gasteiger partial charge on any atom is -0.491 e. The molecule has 4 nitrogen and oxygen atoms in total. The first-order valence-corrected chi connectivity index (χ1v) is 13.5. The van der Waals surface area contributed by atoms with Crippen molar-refractivity contribution in [3.63, 3.8) is 0 Å². The van der Waals surface area contributed by atoms with Crippen molar-refractivity contribution in [2.45, 2.75) is 91.6 Å². The molecule has 0 saturated heterocycles. The van der Waals surface area contributed by atoms with Crippen molar-refractivity contribution in [2.24, 2.45) is 0 Å². The largest absolute Gasteiger partial charge is 0.491 e. The zero-order chi connectivity index (χ0) is 22.7. The van der Waals surface area contributed by atoms with E-state index in [2.05, 4.69) is 73.7 Å². The second-order valence-corrected chi connectivity index (χ2v) is 15.3. The summed E-state index contributed by atoms with van der Waals surface area (Å²) >= 11 is 0. The van der Waals surface area contributed by atoms with Crippen LogP contribution in [0.4, 0.5) is 0 Å². The molecule has 0 N–H and O–H groups in total. The molecule has 0 bridgehead atoms. The average molecular weight is 422 g/mol. The van der Waals surface area contributed by atoms with E-state index in [1.54, 1.807) is 7.11 Å². The summed E-state index contributed by atoms with van der Waals surface area (Å²) in [6, 6.07) is 4.29. The van der Waals surface area contributed by atoms with Crippen LogP contribution in [0.2, 0.25) is 18.1 Å². The zero-order valence-corrected chi connectivity index (χ0v) is 21.9. The highest BCUT2D eigenvalue weighted by Gasteiger charge is 2.38. The number of benzene rings is 1. The van der Waals surface area contributed by atoms with Gasteiger partial charge >= 0.3 is 7.48 Å². The standard InChI is InChI=1S/C23H43BO4Si/c1-17-15-19(24-28-23(8,9)22(6,7)25-10)16-18(2)20(17)26-13-14-27-29(11,12)21(3,4)5/h15-16,24H,13-14H2,1-12H3. The Balaban J connectivity index is 2.72. The zero-order valence-electron chi connectivity index (χ0n) is 20.9. The van der Waals surface area contributed by atoms with Crippen LogP contribution in [0.15, 0.2) is 12.1 Å². The van der Waals surface area contributed by atoms with E-state index in [1.807, 2.05) is 13.8 Å². The molecular weight excluding hydrogens is 379 g/mol. The van der Waals surface area contributed by atoms with Gasteiger partial charge in [0.2, 0.25) is 0 Å². The summed E-state index contributed by atoms with van der Waals surface area (Å²) in [5.74, 6) is 0.948. The highest BCUT2D eigenvalue weighted by atomic mass is 28.4. The van der Waals surface area contributed by atoms with Gasteiger partial charge in [0.25, 0.3) is 0 Å². The van der Waals surface area contributed by atoms with Gasteiger partial charge in [0, 0.05) is 7.11 Å². The Kier molecular flexibility index (Phi) is 8.63. The molecule has 166 valence electrons. The van der Waals surface area contributed by atoms with E-state index in [-0.39, 0.29) is 10.6 Å². The monoisotopic (exact) mass is 422 g/mol. The molecule has 0 fully saturated rings. The summed E-state index contributed by atoms with van der Waals surface area (Å²) in [6.45, 7) is 24.9. The summed E-state index contributed by atoms with van der Waals surface area (Å²) in [5, 5.41) is 0.214. The van der Waals surface area contributed by atoms with Gasteiger partial charge in [0.15, 0.2) is 8.32 Å². The van der Waals surface area contributed by atoms with E-state index < -0.39 is 13.9 Å². The van der Waals surface area contributed by atoms with Crippen molar-refractivity contribution < 1.29 is 18.6 Å². The Bertz CT molecular complexity index is 655. The number of aryl methyl sites for hydroxylation is 2. The van der Waals surface area contributed by atoms with Crippen molar-refractivity contribution >= 4 is 21.3 Å². The molecule has 0 amide bonds. The molecule has 1 aromatic rings. The third kappa shape index (κ3) is 6.84. The van der Waals surface area contributed by atoms with Gasteiger partial charge in [-0.2, -0.15) is 0 Å². The van der Waals surface area contributed by atoms with Crippen molar-refractivity contribution in [1.82, 2.24) is 0 Å². The van der Waals surface area contributed by atoms with Crippen molar-refractivity contribution in [3.05, 3.63) is 23.3 Å². The van der Waals surface area contributed by atoms with E-state index in [9.17, 15) is 0 Å². The Morgan fingerprint density at radius 1 is 0.862 bits per heavy atom. The van der Waals surface area contributed by atoms with Crippen LogP contribution in [0.5, 0.6) is 5.75 Å². The lowest BCUT2D eigenvalue weighted by atomic mass is 9.81. The van der Waals surface area contributed by atoms with Crippen LogP contribution < -0.4 is 10.2 Å². The van der Waals surface area contributed by atoms with Crippen LogP contribution in [0.3, 0.4) is 0 Å². The summed E-state index contributed by atoms with van der Waals surface area (Å²) in [4.78, 5) is 0. The number of methoxy groups -OCH3 is 1. The molecule has 1 aromatic carbocycles. The van der Waals surface area contributed by atoms with E-state index in [4.69, 9.17) is 18.6 Å². The van der Waals surface area contributed by atoms with Crippen molar-refractivity contribution in [1.29, 1.82) is 0 Å². The normalized spacial score (nSPS) is 13.5.